The van der Waals surface area contributed by atoms with Crippen LogP contribution in [0.4, 0.5) is 11.6 Å². The number of ether oxygens (including phenoxy) is 1. The van der Waals surface area contributed by atoms with Crippen molar-refractivity contribution in [3.05, 3.63) is 71.5 Å². The van der Waals surface area contributed by atoms with Gasteiger partial charge in [0.25, 0.3) is 17.1 Å². The van der Waals surface area contributed by atoms with Gasteiger partial charge in [-0.05, 0) is 24.6 Å². The number of rotatable bonds is 7. The number of azo groups is 1. The zero-order chi connectivity index (χ0) is 25.3. The van der Waals surface area contributed by atoms with E-state index in [9.17, 15) is 29.4 Å². The number of aliphatic hydroxyl groups excluding tert-OH is 1. The number of nitrogens with zero attached hydrogens (tertiary/aromatic N) is 5. The van der Waals surface area contributed by atoms with Crippen molar-refractivity contribution in [1.29, 1.82) is 0 Å². The Bertz CT molecular complexity index is 1670. The third kappa shape index (κ3) is 4.79. The zero-order valence-corrected chi connectivity index (χ0v) is 18.5. The number of benzene rings is 1. The van der Waals surface area contributed by atoms with Crippen molar-refractivity contribution < 1.29 is 14.9 Å². The van der Waals surface area contributed by atoms with Crippen LogP contribution in [0.1, 0.15) is 5.56 Å². The summed E-state index contributed by atoms with van der Waals surface area (Å²) in [7, 11) is 1.37. The molecule has 1 atom stereocenters. The Kier molecular flexibility index (Phi) is 6.16. The highest BCUT2D eigenvalue weighted by Crippen LogP contribution is 2.23. The van der Waals surface area contributed by atoms with Crippen LogP contribution in [0.15, 0.2) is 53.7 Å². The molecule has 3 aromatic heterocycles. The first-order chi connectivity index (χ1) is 16.6. The van der Waals surface area contributed by atoms with Gasteiger partial charge in [0.1, 0.15) is 18.5 Å². The number of imidazole rings is 1. The Morgan fingerprint density at radius 2 is 1.89 bits per heavy atom. The molecule has 0 aliphatic rings. The number of aryl methyl sites for hydroxylation is 2. The van der Waals surface area contributed by atoms with Crippen LogP contribution in [-0.4, -0.2) is 52.0 Å². The number of nitrogens with one attached hydrogen (secondary N) is 3. The average molecular weight is 484 g/mol. The number of aromatic nitrogens is 6. The number of H-pyrrole nitrogens is 3. The minimum absolute atomic E-state index is 0.0564. The van der Waals surface area contributed by atoms with E-state index in [1.807, 2.05) is 23.0 Å². The lowest BCUT2D eigenvalue weighted by Gasteiger charge is -2.14. The molecule has 0 amide bonds. The third-order valence-electron chi connectivity index (χ3n) is 4.95. The number of aromatic amines is 3. The number of hydrogen-bond acceptors (Lipinski definition) is 10. The molecule has 182 valence electrons. The lowest BCUT2D eigenvalue weighted by atomic mass is 10.2. The Hall–Kier alpha value is -4.79. The molecule has 35 heavy (non-hydrogen) atoms. The first-order valence-electron chi connectivity index (χ1n) is 10.2. The fourth-order valence-electron chi connectivity index (χ4n) is 3.29. The predicted molar refractivity (Wildman–Crippen MR) is 122 cm³/mol. The lowest BCUT2D eigenvalue weighted by Crippen LogP contribution is -2.30. The number of aromatic hydroxyl groups is 1. The second kappa shape index (κ2) is 9.22. The van der Waals surface area contributed by atoms with E-state index in [1.165, 1.54) is 11.6 Å². The highest BCUT2D eigenvalue weighted by molar-refractivity contribution is 5.73. The van der Waals surface area contributed by atoms with Crippen molar-refractivity contribution >= 4 is 22.8 Å². The van der Waals surface area contributed by atoms with Gasteiger partial charge < -0.3 is 14.9 Å². The van der Waals surface area contributed by atoms with E-state index >= 15 is 0 Å². The summed E-state index contributed by atoms with van der Waals surface area (Å²) in [5.41, 5.74) is -3.27. The molecule has 1 unspecified atom stereocenters. The molecular formula is C20H20N8O7. The quantitative estimate of drug-likeness (QED) is 0.218. The molecule has 0 spiro atoms. The van der Waals surface area contributed by atoms with Gasteiger partial charge in [-0.15, -0.1) is 10.2 Å². The molecule has 15 nitrogen and oxygen atoms in total. The van der Waals surface area contributed by atoms with Crippen molar-refractivity contribution in [2.45, 2.75) is 19.6 Å². The normalized spacial score (nSPS) is 12.4. The molecular weight excluding hydrogens is 464 g/mol. The van der Waals surface area contributed by atoms with E-state index in [2.05, 4.69) is 20.2 Å². The molecule has 4 aromatic rings. The summed E-state index contributed by atoms with van der Waals surface area (Å²) in [4.78, 5) is 57.9. The number of hydrogen-bond donors (Lipinski definition) is 5. The Morgan fingerprint density at radius 3 is 2.60 bits per heavy atom. The van der Waals surface area contributed by atoms with Crippen molar-refractivity contribution in [2.24, 2.45) is 17.3 Å². The van der Waals surface area contributed by atoms with Crippen LogP contribution in [0.2, 0.25) is 0 Å². The average Bonchev–Trinajstić information content (AvgIpc) is 3.14. The maximum absolute atomic E-state index is 12.6. The standard InChI is InChI=1S/C20H20N8O7/c1-9-4-3-5-11(6-9)35-8-10(29)7-28-13-14(27(2)20(34)24-17(13)32)21-18(28)26-25-12-15(30)22-19(33)23-16(12)31/h3-6,10,29H,7-8H2,1-2H3,(H,24,32,34)(H3,22,23,30,31,33). The van der Waals surface area contributed by atoms with E-state index in [1.54, 1.807) is 18.2 Å². The second-order valence-electron chi connectivity index (χ2n) is 7.60. The van der Waals surface area contributed by atoms with Crippen molar-refractivity contribution in [2.75, 3.05) is 6.61 Å². The molecule has 0 fully saturated rings. The maximum atomic E-state index is 12.6. The van der Waals surface area contributed by atoms with Crippen LogP contribution in [0.25, 0.3) is 11.2 Å². The van der Waals surface area contributed by atoms with Crippen LogP contribution in [0.3, 0.4) is 0 Å². The monoisotopic (exact) mass is 484 g/mol. The van der Waals surface area contributed by atoms with Crippen molar-refractivity contribution in [3.63, 3.8) is 0 Å². The summed E-state index contributed by atoms with van der Waals surface area (Å²) >= 11 is 0. The highest BCUT2D eigenvalue weighted by Gasteiger charge is 2.20. The van der Waals surface area contributed by atoms with Crippen LogP contribution in [-0.2, 0) is 13.6 Å². The van der Waals surface area contributed by atoms with Crippen LogP contribution in [0.5, 0.6) is 11.6 Å². The smallest absolute Gasteiger partial charge is 0.329 e. The van der Waals surface area contributed by atoms with Crippen LogP contribution >= 0.6 is 0 Å². The van der Waals surface area contributed by atoms with Gasteiger partial charge in [0.2, 0.25) is 11.6 Å². The van der Waals surface area contributed by atoms with E-state index in [0.717, 1.165) is 10.1 Å². The molecule has 3 heterocycles. The minimum atomic E-state index is -1.15. The van der Waals surface area contributed by atoms with Gasteiger partial charge in [0.05, 0.1) is 6.54 Å². The summed E-state index contributed by atoms with van der Waals surface area (Å²) < 4.78 is 7.86. The fourth-order valence-corrected chi connectivity index (χ4v) is 3.29. The van der Waals surface area contributed by atoms with Gasteiger partial charge >= 0.3 is 11.4 Å². The topological polar surface area (TPSA) is 213 Å². The molecule has 0 bridgehead atoms. The molecule has 0 saturated heterocycles. The van der Waals surface area contributed by atoms with Crippen molar-refractivity contribution in [1.82, 2.24) is 29.1 Å². The SMILES string of the molecule is Cc1cccc(OCC(O)Cn2c(N=Nc3c(O)[nH]c(=O)[nH]c3=O)nc3c2c(=O)[nH]c(=O)n3C)c1. The zero-order valence-electron chi connectivity index (χ0n) is 18.5. The molecule has 0 aliphatic carbocycles. The minimum Gasteiger partial charge on any atom is -0.493 e. The van der Waals surface area contributed by atoms with Gasteiger partial charge in [-0.25, -0.2) is 9.59 Å². The summed E-state index contributed by atoms with van der Waals surface area (Å²) in [6.07, 6.45) is -1.15. The van der Waals surface area contributed by atoms with E-state index in [4.69, 9.17) is 4.74 Å². The van der Waals surface area contributed by atoms with Gasteiger partial charge in [0.15, 0.2) is 11.2 Å². The fraction of sp³-hybridized carbons (Fsp3) is 0.250. The molecule has 15 heteroatoms. The summed E-state index contributed by atoms with van der Waals surface area (Å²) in [6, 6.07) is 7.20. The predicted octanol–water partition coefficient (Wildman–Crippen LogP) is -0.331. The van der Waals surface area contributed by atoms with Crippen LogP contribution in [0, 0.1) is 6.92 Å². The first kappa shape index (κ1) is 23.4. The van der Waals surface area contributed by atoms with Gasteiger partial charge in [-0.1, -0.05) is 12.1 Å². The molecule has 0 saturated carbocycles. The first-order valence-corrected chi connectivity index (χ1v) is 10.2. The number of fused-ring (bicyclic) bond motifs is 1. The second-order valence-corrected chi connectivity index (χ2v) is 7.60. The molecule has 0 aliphatic heterocycles. The van der Waals surface area contributed by atoms with E-state index < -0.39 is 40.2 Å². The molecule has 1 aromatic carbocycles. The van der Waals surface area contributed by atoms with E-state index in [0.29, 0.717) is 5.75 Å². The summed E-state index contributed by atoms with van der Waals surface area (Å²) in [6.45, 7) is 1.50. The Morgan fingerprint density at radius 1 is 1.11 bits per heavy atom. The van der Waals surface area contributed by atoms with Crippen LogP contribution < -0.4 is 27.2 Å². The highest BCUT2D eigenvalue weighted by atomic mass is 16.5. The van der Waals surface area contributed by atoms with Gasteiger partial charge in [-0.2, -0.15) is 4.98 Å². The number of aliphatic hydroxyl groups is 1. The Balaban J connectivity index is 1.73. The van der Waals surface area contributed by atoms with Gasteiger partial charge in [-0.3, -0.25) is 33.7 Å². The molecule has 4 rings (SSSR count). The Labute approximate surface area is 194 Å². The van der Waals surface area contributed by atoms with Crippen molar-refractivity contribution in [3.8, 4) is 11.6 Å². The largest absolute Gasteiger partial charge is 0.493 e. The lowest BCUT2D eigenvalue weighted by molar-refractivity contribution is 0.0937. The summed E-state index contributed by atoms with van der Waals surface area (Å²) in [5.74, 6) is -0.555. The maximum Gasteiger partial charge on any atom is 0.329 e. The van der Waals surface area contributed by atoms with E-state index in [-0.39, 0.29) is 30.3 Å². The molecule has 0 radical (unpaired) electrons. The van der Waals surface area contributed by atoms with Gasteiger partial charge in [0, 0.05) is 7.05 Å². The summed E-state index contributed by atoms with van der Waals surface area (Å²) in [5, 5.41) is 27.9. The molecule has 5 N–H and O–H groups in total. The third-order valence-corrected chi connectivity index (χ3v) is 4.95.